The van der Waals surface area contributed by atoms with Crippen LogP contribution in [0.2, 0.25) is 0 Å². The highest BCUT2D eigenvalue weighted by molar-refractivity contribution is 5.69. The molecule has 3 nitrogen and oxygen atoms in total. The van der Waals surface area contributed by atoms with Gasteiger partial charge in [-0.15, -0.1) is 0 Å². The van der Waals surface area contributed by atoms with Gasteiger partial charge >= 0.3 is 0 Å². The number of hydrogen-bond acceptors (Lipinski definition) is 3. The molecular formula is C14H21N3. The maximum Gasteiger partial charge on any atom is 0.0992 e. The summed E-state index contributed by atoms with van der Waals surface area (Å²) in [5.41, 5.74) is 8.23. The molecule has 92 valence electrons. The molecular weight excluding hydrogens is 210 g/mol. The van der Waals surface area contributed by atoms with Crippen LogP contribution in [0.5, 0.6) is 0 Å². The molecule has 0 amide bonds. The summed E-state index contributed by atoms with van der Waals surface area (Å²) < 4.78 is 0. The summed E-state index contributed by atoms with van der Waals surface area (Å²) in [5, 5.41) is 8.77. The fraction of sp³-hybridized carbons (Fsp3) is 0.500. The van der Waals surface area contributed by atoms with Crippen LogP contribution < -0.4 is 10.6 Å². The summed E-state index contributed by atoms with van der Waals surface area (Å²) in [6.07, 6.45) is 2.38. The number of nitriles is 1. The van der Waals surface area contributed by atoms with E-state index in [4.69, 9.17) is 11.0 Å². The molecule has 0 saturated carbocycles. The third kappa shape index (κ3) is 3.99. The maximum absolute atomic E-state index is 8.77. The van der Waals surface area contributed by atoms with Crippen LogP contribution in [0.25, 0.3) is 0 Å². The van der Waals surface area contributed by atoms with Crippen LogP contribution in [0.15, 0.2) is 18.2 Å². The zero-order chi connectivity index (χ0) is 12.8. The van der Waals surface area contributed by atoms with E-state index in [1.807, 2.05) is 19.2 Å². The van der Waals surface area contributed by atoms with Crippen LogP contribution in [-0.4, -0.2) is 13.6 Å². The minimum absolute atomic E-state index is 0.613. The summed E-state index contributed by atoms with van der Waals surface area (Å²) in [4.78, 5) is 2.15. The third-order valence-electron chi connectivity index (χ3n) is 2.84. The van der Waals surface area contributed by atoms with Gasteiger partial charge in [-0.2, -0.15) is 5.26 Å². The van der Waals surface area contributed by atoms with Gasteiger partial charge in [0.15, 0.2) is 0 Å². The molecule has 0 bridgehead atoms. The summed E-state index contributed by atoms with van der Waals surface area (Å²) in [6.45, 7) is 5.46. The second kappa shape index (κ2) is 6.15. The highest BCUT2D eigenvalue weighted by Gasteiger charge is 2.06. The molecule has 0 saturated heterocycles. The second-order valence-corrected chi connectivity index (χ2v) is 4.84. The number of rotatable bonds is 5. The van der Waals surface area contributed by atoms with Crippen molar-refractivity contribution in [2.24, 2.45) is 5.92 Å². The van der Waals surface area contributed by atoms with Crippen LogP contribution in [0.4, 0.5) is 11.4 Å². The molecule has 3 heteroatoms. The molecule has 1 aromatic rings. The number of nitrogens with zero attached hydrogens (tertiary/aromatic N) is 2. The SMILES string of the molecule is CC(C)CCCN(C)c1ccc(C#N)cc1N. The van der Waals surface area contributed by atoms with Crippen LogP contribution in [0.1, 0.15) is 32.3 Å². The molecule has 0 radical (unpaired) electrons. The van der Waals surface area contributed by atoms with Crippen molar-refractivity contribution < 1.29 is 0 Å². The lowest BCUT2D eigenvalue weighted by atomic mass is 10.1. The number of hydrogen-bond donors (Lipinski definition) is 1. The highest BCUT2D eigenvalue weighted by Crippen LogP contribution is 2.23. The molecule has 0 aliphatic carbocycles. The first-order chi connectivity index (χ1) is 8.04. The molecule has 0 fully saturated rings. The predicted octanol–water partition coefficient (Wildman–Crippen LogP) is 3.01. The van der Waals surface area contributed by atoms with Crippen molar-refractivity contribution in [2.45, 2.75) is 26.7 Å². The van der Waals surface area contributed by atoms with Crippen molar-refractivity contribution in [3.63, 3.8) is 0 Å². The van der Waals surface area contributed by atoms with E-state index in [2.05, 4.69) is 24.8 Å². The number of benzene rings is 1. The smallest absolute Gasteiger partial charge is 0.0992 e. The largest absolute Gasteiger partial charge is 0.397 e. The summed E-state index contributed by atoms with van der Waals surface area (Å²) in [6, 6.07) is 7.55. The molecule has 0 unspecified atom stereocenters. The minimum atomic E-state index is 0.613. The van der Waals surface area contributed by atoms with Gasteiger partial charge in [0.25, 0.3) is 0 Å². The predicted molar refractivity (Wildman–Crippen MR) is 72.9 cm³/mol. The first-order valence-electron chi connectivity index (χ1n) is 6.05. The lowest BCUT2D eigenvalue weighted by Gasteiger charge is -2.21. The van der Waals surface area contributed by atoms with Gasteiger partial charge in [-0.1, -0.05) is 13.8 Å². The number of nitrogen functional groups attached to an aromatic ring is 1. The number of anilines is 2. The van der Waals surface area contributed by atoms with E-state index in [1.54, 1.807) is 6.07 Å². The first kappa shape index (κ1) is 13.4. The van der Waals surface area contributed by atoms with Crippen molar-refractivity contribution in [3.8, 4) is 6.07 Å². The van der Waals surface area contributed by atoms with E-state index < -0.39 is 0 Å². The Morgan fingerprint density at radius 2 is 2.12 bits per heavy atom. The van der Waals surface area contributed by atoms with Crippen LogP contribution in [0.3, 0.4) is 0 Å². The Bertz CT molecular complexity index is 404. The maximum atomic E-state index is 8.77. The summed E-state index contributed by atoms with van der Waals surface area (Å²) >= 11 is 0. The number of nitrogens with two attached hydrogens (primary N) is 1. The average Bonchev–Trinajstić information content (AvgIpc) is 2.28. The lowest BCUT2D eigenvalue weighted by molar-refractivity contribution is 0.556. The van der Waals surface area contributed by atoms with Crippen LogP contribution in [0, 0.1) is 17.2 Å². The van der Waals surface area contributed by atoms with Gasteiger partial charge in [0.2, 0.25) is 0 Å². The van der Waals surface area contributed by atoms with E-state index in [-0.39, 0.29) is 0 Å². The van der Waals surface area contributed by atoms with Crippen molar-refractivity contribution in [1.29, 1.82) is 5.26 Å². The standard InChI is InChI=1S/C14H21N3/c1-11(2)5-4-8-17(3)14-7-6-12(10-15)9-13(14)16/h6-7,9,11H,4-5,8,16H2,1-3H3. The molecule has 0 aromatic heterocycles. The van der Waals surface area contributed by atoms with E-state index in [0.717, 1.165) is 24.6 Å². The third-order valence-corrected chi connectivity index (χ3v) is 2.84. The molecule has 0 spiro atoms. The zero-order valence-corrected chi connectivity index (χ0v) is 10.9. The Labute approximate surface area is 104 Å². The monoisotopic (exact) mass is 231 g/mol. The molecule has 0 heterocycles. The second-order valence-electron chi connectivity index (χ2n) is 4.84. The van der Waals surface area contributed by atoms with Gasteiger partial charge in [-0.3, -0.25) is 0 Å². The Morgan fingerprint density at radius 1 is 1.41 bits per heavy atom. The Kier molecular flexibility index (Phi) is 4.84. The Balaban J connectivity index is 2.63. The van der Waals surface area contributed by atoms with Gasteiger partial charge in [0.05, 0.1) is 23.0 Å². The minimum Gasteiger partial charge on any atom is -0.397 e. The molecule has 1 rings (SSSR count). The van der Waals surface area contributed by atoms with E-state index in [0.29, 0.717) is 11.3 Å². The Hall–Kier alpha value is -1.69. The summed E-state index contributed by atoms with van der Waals surface area (Å²) in [5.74, 6) is 0.738. The van der Waals surface area contributed by atoms with E-state index >= 15 is 0 Å². The highest BCUT2D eigenvalue weighted by atomic mass is 15.1. The van der Waals surface area contributed by atoms with Crippen LogP contribution >= 0.6 is 0 Å². The van der Waals surface area contributed by atoms with Gasteiger partial charge in [-0.05, 0) is 37.0 Å². The molecule has 0 aliphatic rings. The van der Waals surface area contributed by atoms with Crippen molar-refractivity contribution in [3.05, 3.63) is 23.8 Å². The van der Waals surface area contributed by atoms with E-state index in [1.165, 1.54) is 6.42 Å². The van der Waals surface area contributed by atoms with Gasteiger partial charge in [0, 0.05) is 13.6 Å². The molecule has 2 N–H and O–H groups in total. The van der Waals surface area contributed by atoms with Crippen molar-refractivity contribution >= 4 is 11.4 Å². The quantitative estimate of drug-likeness (QED) is 0.792. The zero-order valence-electron chi connectivity index (χ0n) is 10.9. The van der Waals surface area contributed by atoms with Gasteiger partial charge in [-0.25, -0.2) is 0 Å². The van der Waals surface area contributed by atoms with Gasteiger partial charge in [0.1, 0.15) is 0 Å². The topological polar surface area (TPSA) is 53.0 Å². The molecule has 17 heavy (non-hydrogen) atoms. The fourth-order valence-corrected chi connectivity index (χ4v) is 1.83. The molecule has 0 atom stereocenters. The fourth-order valence-electron chi connectivity index (χ4n) is 1.83. The van der Waals surface area contributed by atoms with E-state index in [9.17, 15) is 0 Å². The summed E-state index contributed by atoms with van der Waals surface area (Å²) in [7, 11) is 2.04. The van der Waals surface area contributed by atoms with Crippen LogP contribution in [-0.2, 0) is 0 Å². The first-order valence-corrected chi connectivity index (χ1v) is 6.05. The molecule has 0 aliphatic heterocycles. The lowest BCUT2D eigenvalue weighted by Crippen LogP contribution is -2.20. The average molecular weight is 231 g/mol. The normalized spacial score (nSPS) is 10.3. The van der Waals surface area contributed by atoms with Gasteiger partial charge < -0.3 is 10.6 Å². The Morgan fingerprint density at radius 3 is 2.65 bits per heavy atom. The molecule has 1 aromatic carbocycles. The van der Waals surface area contributed by atoms with Crippen molar-refractivity contribution in [1.82, 2.24) is 0 Å². The van der Waals surface area contributed by atoms with Crippen molar-refractivity contribution in [2.75, 3.05) is 24.2 Å².